The first-order valence-electron chi connectivity index (χ1n) is 9.10. The molecule has 26 heavy (non-hydrogen) atoms. The van der Waals surface area contributed by atoms with Crippen LogP contribution in [0.15, 0.2) is 34.9 Å². The topological polar surface area (TPSA) is 50.8 Å². The highest BCUT2D eigenvalue weighted by molar-refractivity contribution is 7.22. The van der Waals surface area contributed by atoms with E-state index < -0.39 is 0 Å². The molecule has 5 nitrogen and oxygen atoms in total. The number of fused-ring (bicyclic) bond motifs is 1. The van der Waals surface area contributed by atoms with Gasteiger partial charge in [0.2, 0.25) is 0 Å². The Morgan fingerprint density at radius 3 is 2.65 bits per heavy atom. The summed E-state index contributed by atoms with van der Waals surface area (Å²) >= 11 is 1.56. The number of carbonyl (C=O) groups is 1. The fourth-order valence-corrected chi connectivity index (χ4v) is 4.07. The molecule has 6 heteroatoms. The highest BCUT2D eigenvalue weighted by Crippen LogP contribution is 2.32. The lowest BCUT2D eigenvalue weighted by molar-refractivity contribution is -0.894. The maximum Gasteiger partial charge on any atom is 0.295 e. The fraction of sp³-hybridized carbons (Fsp3) is 0.400. The Morgan fingerprint density at radius 1 is 1.23 bits per heavy atom. The van der Waals surface area contributed by atoms with Gasteiger partial charge >= 0.3 is 0 Å². The smallest absolute Gasteiger partial charge is 0.295 e. The number of nitrogens with zero attached hydrogens (tertiary/aromatic N) is 2. The molecule has 0 saturated heterocycles. The van der Waals surface area contributed by atoms with Gasteiger partial charge in [0.05, 0.1) is 42.7 Å². The summed E-state index contributed by atoms with van der Waals surface area (Å²) in [6, 6.07) is 7.65. The normalized spacial score (nSPS) is 11.4. The molecule has 0 atom stereocenters. The van der Waals surface area contributed by atoms with Crippen LogP contribution in [-0.4, -0.2) is 37.1 Å². The number of carbonyl (C=O) groups excluding carboxylic acids is 1. The summed E-state index contributed by atoms with van der Waals surface area (Å²) < 4.78 is 6.46. The molecule has 3 rings (SSSR count). The predicted molar refractivity (Wildman–Crippen MR) is 106 cm³/mol. The van der Waals surface area contributed by atoms with Crippen LogP contribution < -0.4 is 9.80 Å². The maximum atomic E-state index is 13.0. The predicted octanol–water partition coefficient (Wildman–Crippen LogP) is 3.08. The van der Waals surface area contributed by atoms with E-state index in [0.29, 0.717) is 12.3 Å². The molecule has 0 radical (unpaired) electrons. The van der Waals surface area contributed by atoms with Crippen LogP contribution in [-0.2, 0) is 0 Å². The van der Waals surface area contributed by atoms with Crippen molar-refractivity contribution in [3.05, 3.63) is 47.4 Å². The third-order valence-electron chi connectivity index (χ3n) is 4.97. The van der Waals surface area contributed by atoms with Crippen LogP contribution in [0.4, 0.5) is 5.13 Å². The molecule has 0 unspecified atom stereocenters. The number of amides is 1. The number of furan rings is 1. The molecular formula is C20H26N3O2S+. The summed E-state index contributed by atoms with van der Waals surface area (Å²) in [5, 5.41) is 0.738. The highest BCUT2D eigenvalue weighted by atomic mass is 32.1. The first-order chi connectivity index (χ1) is 12.5. The lowest BCUT2D eigenvalue weighted by Crippen LogP contribution is -3.12. The minimum Gasteiger partial charge on any atom is -0.459 e. The van der Waals surface area contributed by atoms with Gasteiger partial charge in [-0.2, -0.15) is 0 Å². The van der Waals surface area contributed by atoms with Crippen LogP contribution in [0.1, 0.15) is 35.5 Å². The van der Waals surface area contributed by atoms with Gasteiger partial charge in [0.15, 0.2) is 10.9 Å². The molecule has 0 fully saturated rings. The third kappa shape index (κ3) is 3.66. The van der Waals surface area contributed by atoms with Crippen molar-refractivity contribution in [2.75, 3.05) is 31.1 Å². The van der Waals surface area contributed by atoms with Crippen molar-refractivity contribution < 1.29 is 14.1 Å². The van der Waals surface area contributed by atoms with Crippen molar-refractivity contribution >= 4 is 32.6 Å². The molecule has 3 aromatic rings. The first kappa shape index (κ1) is 18.6. The number of benzene rings is 1. The van der Waals surface area contributed by atoms with Crippen LogP contribution >= 0.6 is 11.3 Å². The van der Waals surface area contributed by atoms with Crippen molar-refractivity contribution in [3.63, 3.8) is 0 Å². The number of hydrogen-bond donors (Lipinski definition) is 1. The zero-order chi connectivity index (χ0) is 18.7. The van der Waals surface area contributed by atoms with Gasteiger partial charge < -0.3 is 9.32 Å². The minimum absolute atomic E-state index is 0.130. The lowest BCUT2D eigenvalue weighted by Gasteiger charge is -2.22. The van der Waals surface area contributed by atoms with Crippen LogP contribution in [0.5, 0.6) is 0 Å². The average Bonchev–Trinajstić information content (AvgIpc) is 3.31. The Kier molecular flexibility index (Phi) is 5.74. The Balaban J connectivity index is 1.96. The Bertz CT molecular complexity index is 882. The van der Waals surface area contributed by atoms with Crippen LogP contribution in [0.25, 0.3) is 10.2 Å². The van der Waals surface area contributed by atoms with Crippen LogP contribution in [0.2, 0.25) is 0 Å². The molecule has 0 aliphatic carbocycles. The van der Waals surface area contributed by atoms with E-state index in [1.807, 2.05) is 0 Å². The molecule has 0 bridgehead atoms. The number of aromatic nitrogens is 1. The van der Waals surface area contributed by atoms with Gasteiger partial charge in [0, 0.05) is 0 Å². The van der Waals surface area contributed by atoms with Crippen molar-refractivity contribution in [1.29, 1.82) is 0 Å². The van der Waals surface area contributed by atoms with E-state index in [1.54, 1.807) is 28.4 Å². The molecule has 0 spiro atoms. The van der Waals surface area contributed by atoms with Gasteiger partial charge in [-0.05, 0) is 57.0 Å². The molecule has 1 amide bonds. The van der Waals surface area contributed by atoms with Gasteiger partial charge in [-0.15, -0.1) is 0 Å². The third-order valence-corrected chi connectivity index (χ3v) is 6.01. The lowest BCUT2D eigenvalue weighted by atomic mass is 10.1. The van der Waals surface area contributed by atoms with Gasteiger partial charge in [0.25, 0.3) is 5.91 Å². The Hall–Kier alpha value is -2.18. The van der Waals surface area contributed by atoms with E-state index in [1.165, 1.54) is 22.3 Å². The zero-order valence-corrected chi connectivity index (χ0v) is 16.7. The molecule has 0 aliphatic rings. The van der Waals surface area contributed by atoms with Crippen molar-refractivity contribution in [2.45, 2.75) is 27.7 Å². The van der Waals surface area contributed by atoms with Crippen LogP contribution in [0, 0.1) is 13.8 Å². The number of nitrogens with one attached hydrogen (secondary N) is 1. The van der Waals surface area contributed by atoms with Crippen molar-refractivity contribution in [3.8, 4) is 0 Å². The van der Waals surface area contributed by atoms with E-state index in [2.05, 4.69) is 39.8 Å². The summed E-state index contributed by atoms with van der Waals surface area (Å²) in [4.78, 5) is 21.0. The molecule has 138 valence electrons. The summed E-state index contributed by atoms with van der Waals surface area (Å²) in [6.07, 6.45) is 1.53. The van der Waals surface area contributed by atoms with E-state index in [4.69, 9.17) is 9.40 Å². The monoisotopic (exact) mass is 372 g/mol. The van der Waals surface area contributed by atoms with Gasteiger partial charge in [0.1, 0.15) is 0 Å². The van der Waals surface area contributed by atoms with E-state index in [-0.39, 0.29) is 5.91 Å². The number of likely N-dealkylation sites (N-methyl/N-ethyl adjacent to an activating group) is 1. The van der Waals surface area contributed by atoms with E-state index in [0.717, 1.165) is 35.0 Å². The molecule has 2 heterocycles. The van der Waals surface area contributed by atoms with Gasteiger partial charge in [-0.3, -0.25) is 9.69 Å². The SMILES string of the molecule is CC[NH+](CC)CCN(C(=O)c1ccco1)c1nc2c(C)c(C)ccc2s1. The van der Waals surface area contributed by atoms with Gasteiger partial charge in [-0.25, -0.2) is 4.98 Å². The first-order valence-corrected chi connectivity index (χ1v) is 9.92. The average molecular weight is 373 g/mol. The molecular weight excluding hydrogens is 346 g/mol. The molecule has 1 aromatic carbocycles. The van der Waals surface area contributed by atoms with Gasteiger partial charge in [-0.1, -0.05) is 17.4 Å². The molecule has 0 saturated carbocycles. The number of rotatable bonds is 7. The summed E-state index contributed by atoms with van der Waals surface area (Å²) in [6.45, 7) is 12.1. The van der Waals surface area contributed by atoms with Crippen molar-refractivity contribution in [2.24, 2.45) is 0 Å². The van der Waals surface area contributed by atoms with Crippen LogP contribution in [0.3, 0.4) is 0 Å². The van der Waals surface area contributed by atoms with Crippen molar-refractivity contribution in [1.82, 2.24) is 4.98 Å². The maximum absolute atomic E-state index is 13.0. The molecule has 1 N–H and O–H groups in total. The number of aryl methyl sites for hydroxylation is 2. The van der Waals surface area contributed by atoms with E-state index >= 15 is 0 Å². The largest absolute Gasteiger partial charge is 0.459 e. The fourth-order valence-electron chi connectivity index (χ4n) is 3.02. The number of thiazole rings is 1. The zero-order valence-electron chi connectivity index (χ0n) is 15.8. The summed E-state index contributed by atoms with van der Waals surface area (Å²) in [7, 11) is 0. The second kappa shape index (κ2) is 8.01. The standard InChI is InChI=1S/C20H25N3O2S/c1-5-22(6-2)11-12-23(19(24)16-8-7-13-25-16)20-21-18-15(4)14(3)9-10-17(18)26-20/h7-10,13H,5-6,11-12H2,1-4H3/p+1. The minimum atomic E-state index is -0.130. The quantitative estimate of drug-likeness (QED) is 0.693. The summed E-state index contributed by atoms with van der Waals surface area (Å²) in [5.74, 6) is 0.224. The summed E-state index contributed by atoms with van der Waals surface area (Å²) in [5.41, 5.74) is 3.37. The highest BCUT2D eigenvalue weighted by Gasteiger charge is 2.25. The van der Waals surface area contributed by atoms with E-state index in [9.17, 15) is 4.79 Å². The Labute approximate surface area is 158 Å². The number of anilines is 1. The number of hydrogen-bond acceptors (Lipinski definition) is 4. The molecule has 2 aromatic heterocycles. The number of quaternary nitrogens is 1. The second-order valence-corrected chi connectivity index (χ2v) is 7.50. The Morgan fingerprint density at radius 2 is 2.00 bits per heavy atom. The molecule has 0 aliphatic heterocycles. The second-order valence-electron chi connectivity index (χ2n) is 6.49.